The first-order chi connectivity index (χ1) is 64.8. The molecule has 0 radical (unpaired) electrons. The topological polar surface area (TPSA) is 186 Å². The number of aryl methyl sites for hydroxylation is 2. The molecule has 7 aromatic heterocycles. The second-order valence-electron chi connectivity index (χ2n) is 48.2. The van der Waals surface area contributed by atoms with E-state index in [2.05, 4.69) is 317 Å². The van der Waals surface area contributed by atoms with Crippen LogP contribution in [0.4, 0.5) is 23.2 Å². The lowest BCUT2D eigenvalue weighted by Crippen LogP contribution is -2.36. The summed E-state index contributed by atoms with van der Waals surface area (Å²) in [5, 5.41) is 11.5. The number of nitrogens with one attached hydrogen (secondary N) is 8. The van der Waals surface area contributed by atoms with E-state index in [1.165, 1.54) is 101 Å². The lowest BCUT2D eigenvalue weighted by Gasteiger charge is -2.30. The first kappa shape index (κ1) is 109. The van der Waals surface area contributed by atoms with Crippen molar-refractivity contribution in [2.75, 3.05) is 18.4 Å². The fourth-order valence-electron chi connectivity index (χ4n) is 18.1. The van der Waals surface area contributed by atoms with E-state index in [-0.39, 0.29) is 72.3 Å². The van der Waals surface area contributed by atoms with Gasteiger partial charge < -0.3 is 49.8 Å². The maximum absolute atomic E-state index is 13.7. The lowest BCUT2D eigenvalue weighted by atomic mass is 9.75. The molecule has 2 amide bonds. The van der Waals surface area contributed by atoms with Crippen LogP contribution < -0.4 is 10.1 Å². The fraction of sp³-hybridized carbons (Fsp3) is 0.418. The van der Waals surface area contributed by atoms with Crippen LogP contribution in [0.1, 0.15) is 328 Å². The van der Waals surface area contributed by atoms with Crippen molar-refractivity contribution in [2.45, 2.75) is 320 Å². The quantitative estimate of drug-likeness (QED) is 0.0487. The zero-order valence-corrected chi connectivity index (χ0v) is 90.0. The molecule has 1 fully saturated rings. The van der Waals surface area contributed by atoms with E-state index in [1.54, 1.807) is 45.2 Å². The van der Waals surface area contributed by atoms with Gasteiger partial charge in [-0.15, -0.1) is 0 Å². The number of hydrogen-bond acceptors (Lipinski definition) is 4. The van der Waals surface area contributed by atoms with Crippen molar-refractivity contribution in [3.8, 4) is 5.75 Å². The molecule has 16 aromatic rings. The van der Waals surface area contributed by atoms with E-state index in [0.717, 1.165) is 109 Å². The van der Waals surface area contributed by atoms with Crippen LogP contribution in [0, 0.1) is 12.7 Å². The summed E-state index contributed by atoms with van der Waals surface area (Å²) in [5.41, 5.74) is 26.0. The van der Waals surface area contributed by atoms with Crippen molar-refractivity contribution in [3.05, 3.63) is 307 Å². The number of benzene rings is 9. The van der Waals surface area contributed by atoms with Gasteiger partial charge in [-0.05, 0) is 303 Å². The Morgan fingerprint density at radius 2 is 0.757 bits per heavy atom. The molecule has 3 aliphatic heterocycles. The van der Waals surface area contributed by atoms with Crippen molar-refractivity contribution in [2.24, 2.45) is 0 Å². The summed E-state index contributed by atoms with van der Waals surface area (Å²) >= 11 is 6.23. The molecular formula is C122H154ClF4N9O4. The molecule has 0 atom stereocenters. The first-order valence-electron chi connectivity index (χ1n) is 49.5. The molecule has 0 saturated carbocycles. The van der Waals surface area contributed by atoms with E-state index in [9.17, 15) is 31.9 Å². The van der Waals surface area contributed by atoms with Crippen molar-refractivity contribution in [1.82, 2.24) is 39.8 Å². The number of aromatic nitrogens is 7. The molecule has 0 aliphatic carbocycles. The third-order valence-electron chi connectivity index (χ3n) is 26.2. The second-order valence-corrected chi connectivity index (χ2v) is 48.6. The summed E-state index contributed by atoms with van der Waals surface area (Å²) in [7, 11) is 0. The molecule has 3 aliphatic rings. The van der Waals surface area contributed by atoms with Crippen LogP contribution in [0.2, 0.25) is 5.02 Å². The summed E-state index contributed by atoms with van der Waals surface area (Å²) < 4.78 is 57.8. The molecule has 13 nitrogen and oxygen atoms in total. The van der Waals surface area contributed by atoms with Gasteiger partial charge in [-0.1, -0.05) is 263 Å². The highest BCUT2D eigenvalue weighted by molar-refractivity contribution is 6.32. The lowest BCUT2D eigenvalue weighted by molar-refractivity contribution is -0.138. The van der Waals surface area contributed by atoms with Crippen LogP contribution in [0.3, 0.4) is 0 Å². The Labute approximate surface area is 834 Å². The third-order valence-corrected chi connectivity index (χ3v) is 26.5. The highest BCUT2D eigenvalue weighted by Crippen LogP contribution is 2.44. The standard InChI is InChI=1S/C18H24N2O.C16H23N.C14H19N.C13H14F3N.C13H17N.C12H14ClN.C12H14FN.C12H15NO.C12H14O2/c1-18(2,3)15-12-16-13(7-8-19-16)11-14(15)17(21)20-9-5-4-6-10-20;1-15(2,3)12-9-11-7-8-17-14(11)10-13(12)16(4,5)6;1-5-10-8-11-6-7-15-13(11)9-12(10)14(2,3)4;1-12(2,3)9-7-11-8(4-5-17-11)6-10(9)13(14,15)16;1-9-8-14-11-7-5-6-10(12(9)11)13(2,3)4;2*1-12(2,3)9-7-11-8(4-5-14-11)6-10(9)13;1-12(2,3)9-5-4-8-6-11(14)13-10(8)7-9;1-12(2,3)9-5-4-8-6-11(13)14-10(8)7-9/h7-8,11-12,19H,4-6,9-10H2,1-3H3;7-10,17H,1-6H3;6-9,15H,5H2,1-4H3;4-7,17H,1-3H3;5-8,14H,1-4H3;2*4-7,14H,1-3H3;4-5,7H,6H2,1-3H3,(H,13,14);4-5,7H,6H2,1-3H3. The van der Waals surface area contributed by atoms with Crippen LogP contribution in [-0.4, -0.2) is 70.7 Å². The molecule has 140 heavy (non-hydrogen) atoms. The number of ether oxygens (including phenoxy) is 1. The van der Waals surface area contributed by atoms with E-state index in [4.69, 9.17) is 16.3 Å². The Bertz CT molecular complexity index is 6670. The number of H-pyrrole nitrogens is 7. The minimum Gasteiger partial charge on any atom is -0.426 e. The number of alkyl halides is 3. The molecule has 0 unspecified atom stereocenters. The predicted octanol–water partition coefficient (Wildman–Crippen LogP) is 33.8. The van der Waals surface area contributed by atoms with Gasteiger partial charge in [-0.3, -0.25) is 14.4 Å². The Hall–Kier alpha value is -11.8. The van der Waals surface area contributed by atoms with Gasteiger partial charge in [-0.2, -0.15) is 13.2 Å². The van der Waals surface area contributed by atoms with E-state index in [1.807, 2.05) is 105 Å². The number of piperidine rings is 1. The van der Waals surface area contributed by atoms with Crippen molar-refractivity contribution in [1.29, 1.82) is 0 Å². The molecule has 1 saturated heterocycles. The zero-order chi connectivity index (χ0) is 104. The van der Waals surface area contributed by atoms with Crippen LogP contribution in [-0.2, 0) is 89.2 Å². The summed E-state index contributed by atoms with van der Waals surface area (Å²) in [5.74, 6) is 0.770. The number of likely N-dealkylation sites (tertiary alicyclic amines) is 1. The smallest absolute Gasteiger partial charge is 0.416 e. The fourth-order valence-corrected chi connectivity index (χ4v) is 18.6. The number of amides is 2. The Balaban J connectivity index is 0.000000151. The number of aromatic amines is 7. The number of carbonyl (C=O) groups is 3. The van der Waals surface area contributed by atoms with Crippen molar-refractivity contribution < 1.29 is 36.7 Å². The Morgan fingerprint density at radius 1 is 0.371 bits per heavy atom. The minimum atomic E-state index is -4.31. The van der Waals surface area contributed by atoms with Crippen LogP contribution in [0.25, 0.3) is 76.3 Å². The zero-order valence-electron chi connectivity index (χ0n) is 89.3. The summed E-state index contributed by atoms with van der Waals surface area (Å²) in [4.78, 5) is 59.5. The molecular weight excluding hydrogens is 1770 g/mol. The number of carbonyl (C=O) groups excluding carboxylic acids is 3. The maximum Gasteiger partial charge on any atom is 0.416 e. The van der Waals surface area contributed by atoms with Gasteiger partial charge in [0, 0.05) is 138 Å². The minimum absolute atomic E-state index is 0.0416. The first-order valence-corrected chi connectivity index (χ1v) is 49.9. The van der Waals surface area contributed by atoms with Gasteiger partial charge >= 0.3 is 12.1 Å². The molecule has 18 heteroatoms. The van der Waals surface area contributed by atoms with Gasteiger partial charge in [0.25, 0.3) is 5.91 Å². The monoisotopic (exact) mass is 1920 g/mol. The van der Waals surface area contributed by atoms with E-state index in [0.29, 0.717) is 23.8 Å². The van der Waals surface area contributed by atoms with Crippen molar-refractivity contribution >= 4 is 111 Å². The highest BCUT2D eigenvalue weighted by Gasteiger charge is 2.38. The van der Waals surface area contributed by atoms with Crippen molar-refractivity contribution in [3.63, 3.8) is 0 Å². The molecule has 0 spiro atoms. The summed E-state index contributed by atoms with van der Waals surface area (Å²) in [6, 6.07) is 54.6. The van der Waals surface area contributed by atoms with Gasteiger partial charge in [0.15, 0.2) is 0 Å². The van der Waals surface area contributed by atoms with Gasteiger partial charge in [0.05, 0.1) is 18.4 Å². The maximum atomic E-state index is 13.7. The predicted molar refractivity (Wildman–Crippen MR) is 583 cm³/mol. The number of halogens is 5. The number of hydrogen-bond donors (Lipinski definition) is 8. The average Bonchev–Trinajstić information content (AvgIpc) is 1.52. The van der Waals surface area contributed by atoms with Gasteiger partial charge in [0.2, 0.25) is 5.91 Å². The molecule has 746 valence electrons. The summed E-state index contributed by atoms with van der Waals surface area (Å²) in [6.07, 6.45) is 14.7. The van der Waals surface area contributed by atoms with Crippen LogP contribution in [0.15, 0.2) is 207 Å². The number of fused-ring (bicyclic) bond motifs is 9. The molecule has 8 N–H and O–H groups in total. The highest BCUT2D eigenvalue weighted by atomic mass is 35.5. The Kier molecular flexibility index (Phi) is 32.7. The Morgan fingerprint density at radius 3 is 1.21 bits per heavy atom. The summed E-state index contributed by atoms with van der Waals surface area (Å²) in [6.45, 7) is 70.9. The average molecular weight is 1920 g/mol. The normalized spacial score (nSPS) is 13.7. The molecule has 19 rings (SSSR count). The number of esters is 1. The number of rotatable bonds is 2. The van der Waals surface area contributed by atoms with Crippen LogP contribution in [0.5, 0.6) is 5.75 Å². The second kappa shape index (κ2) is 42.2. The molecule has 10 heterocycles. The molecule has 9 aromatic carbocycles. The number of anilines is 1. The van der Waals surface area contributed by atoms with E-state index >= 15 is 0 Å². The largest absolute Gasteiger partial charge is 0.426 e. The SMILES string of the molecule is CC(C)(C)c1cc2[nH]ccc2cc1C(=O)N1CCCCC1.CC(C)(C)c1cc2[nH]ccc2cc1C(F)(F)F.CC(C)(C)c1cc2[nH]ccc2cc1Cl.CC(C)(C)c1cc2[nH]ccc2cc1F.CC(C)(C)c1cc2cc[nH]c2cc1C(C)(C)C.CC(C)(C)c1ccc2c(c1)NC(=O)C2.CC(C)(C)c1ccc2c(c1)OC(=O)C2.CCc1cc2cc[nH]c2cc1C(C)(C)C.Cc1c[nH]c2cccc(C(C)(C)C)c12. The van der Waals surface area contributed by atoms with Gasteiger partial charge in [0.1, 0.15) is 11.6 Å². The third kappa shape index (κ3) is 27.3. The number of nitrogens with zero attached hydrogens (tertiary/aromatic N) is 1. The molecule has 0 bridgehead atoms. The van der Waals surface area contributed by atoms with Crippen LogP contribution >= 0.6 is 11.6 Å². The van der Waals surface area contributed by atoms with E-state index < -0.39 is 17.2 Å². The van der Waals surface area contributed by atoms with Gasteiger partial charge in [-0.25, -0.2) is 4.39 Å².